The molecule has 2 heterocycles. The number of nitrogens with zero attached hydrogens (tertiary/aromatic N) is 2. The molecule has 0 radical (unpaired) electrons. The molecule has 2 rings (SSSR count). The van der Waals surface area contributed by atoms with Crippen LogP contribution in [0, 0.1) is 5.41 Å². The molecule has 1 aliphatic rings. The van der Waals surface area contributed by atoms with Crippen LogP contribution in [0.2, 0.25) is 0 Å². The van der Waals surface area contributed by atoms with Crippen LogP contribution >= 0.6 is 0 Å². The predicted octanol–water partition coefficient (Wildman–Crippen LogP) is 1.73. The second-order valence-electron chi connectivity index (χ2n) is 5.36. The molecule has 1 amide bonds. The van der Waals surface area contributed by atoms with E-state index < -0.39 is 11.4 Å². The standard InChI is InChI=1S/C15H20N2O3/c1-2-15(14(19)20)7-10-17(11-15)13(18)4-3-12-5-8-16-9-6-12/h5-6,8-9H,2-4,7,10-11H2,1H3,(H,19,20). The Hall–Kier alpha value is -1.91. The van der Waals surface area contributed by atoms with Crippen molar-refractivity contribution in [2.75, 3.05) is 13.1 Å². The third-order valence-corrected chi connectivity index (χ3v) is 4.21. The van der Waals surface area contributed by atoms with E-state index in [1.165, 1.54) is 0 Å². The highest BCUT2D eigenvalue weighted by atomic mass is 16.4. The van der Waals surface area contributed by atoms with E-state index in [4.69, 9.17) is 0 Å². The molecule has 0 aliphatic carbocycles. The number of rotatable bonds is 5. The number of carboxylic acid groups (broad SMARTS) is 1. The Bertz CT molecular complexity index is 489. The Morgan fingerprint density at radius 1 is 1.40 bits per heavy atom. The molecule has 0 spiro atoms. The lowest BCUT2D eigenvalue weighted by molar-refractivity contribution is -0.148. The van der Waals surface area contributed by atoms with Gasteiger partial charge in [-0.15, -0.1) is 0 Å². The minimum atomic E-state index is -0.788. The van der Waals surface area contributed by atoms with Crippen LogP contribution in [-0.2, 0) is 16.0 Å². The number of hydrogen-bond donors (Lipinski definition) is 1. The second kappa shape index (κ2) is 6.03. The van der Waals surface area contributed by atoms with Crippen LogP contribution in [0.25, 0.3) is 0 Å². The minimum absolute atomic E-state index is 0.0402. The van der Waals surface area contributed by atoms with E-state index in [1.54, 1.807) is 17.3 Å². The van der Waals surface area contributed by atoms with Crippen LogP contribution in [0.1, 0.15) is 31.7 Å². The van der Waals surface area contributed by atoms with Gasteiger partial charge in [-0.05, 0) is 37.0 Å². The van der Waals surface area contributed by atoms with Crippen molar-refractivity contribution in [3.8, 4) is 0 Å². The summed E-state index contributed by atoms with van der Waals surface area (Å²) < 4.78 is 0. The number of aryl methyl sites for hydroxylation is 1. The van der Waals surface area contributed by atoms with Crippen LogP contribution < -0.4 is 0 Å². The number of amides is 1. The zero-order chi connectivity index (χ0) is 14.6. The molecule has 1 N–H and O–H groups in total. The molecule has 1 aliphatic heterocycles. The zero-order valence-corrected chi connectivity index (χ0v) is 11.7. The molecule has 108 valence electrons. The van der Waals surface area contributed by atoms with Gasteiger partial charge in [0.2, 0.25) is 5.91 Å². The molecule has 1 saturated heterocycles. The third-order valence-electron chi connectivity index (χ3n) is 4.21. The molecule has 0 bridgehead atoms. The van der Waals surface area contributed by atoms with Gasteiger partial charge in [0.25, 0.3) is 0 Å². The van der Waals surface area contributed by atoms with Gasteiger partial charge in [0.1, 0.15) is 0 Å². The molecule has 1 unspecified atom stereocenters. The number of carbonyl (C=O) groups is 2. The van der Waals surface area contributed by atoms with E-state index in [-0.39, 0.29) is 5.91 Å². The summed E-state index contributed by atoms with van der Waals surface area (Å²) in [6.07, 6.45) is 5.63. The highest BCUT2D eigenvalue weighted by Gasteiger charge is 2.44. The van der Waals surface area contributed by atoms with Gasteiger partial charge in [-0.3, -0.25) is 14.6 Å². The molecular formula is C15H20N2O3. The van der Waals surface area contributed by atoms with E-state index >= 15 is 0 Å². The van der Waals surface area contributed by atoms with Crippen LogP contribution in [0.3, 0.4) is 0 Å². The van der Waals surface area contributed by atoms with Crippen LogP contribution in [0.4, 0.5) is 0 Å². The first-order chi connectivity index (χ1) is 9.57. The van der Waals surface area contributed by atoms with Crippen LogP contribution in [0.5, 0.6) is 0 Å². The first-order valence-corrected chi connectivity index (χ1v) is 6.97. The minimum Gasteiger partial charge on any atom is -0.481 e. The fourth-order valence-electron chi connectivity index (χ4n) is 2.66. The molecule has 1 atom stereocenters. The van der Waals surface area contributed by atoms with Crippen molar-refractivity contribution in [1.82, 2.24) is 9.88 Å². The molecular weight excluding hydrogens is 256 g/mol. The molecule has 5 heteroatoms. The molecule has 0 saturated carbocycles. The first kappa shape index (κ1) is 14.5. The summed E-state index contributed by atoms with van der Waals surface area (Å²) >= 11 is 0. The topological polar surface area (TPSA) is 70.5 Å². The number of hydrogen-bond acceptors (Lipinski definition) is 3. The van der Waals surface area contributed by atoms with Gasteiger partial charge in [-0.1, -0.05) is 6.92 Å². The van der Waals surface area contributed by atoms with Gasteiger partial charge in [-0.25, -0.2) is 0 Å². The fourth-order valence-corrected chi connectivity index (χ4v) is 2.66. The van der Waals surface area contributed by atoms with Crippen LogP contribution in [-0.4, -0.2) is 40.0 Å². The number of aromatic nitrogens is 1. The number of carbonyl (C=O) groups excluding carboxylic acids is 1. The monoisotopic (exact) mass is 276 g/mol. The summed E-state index contributed by atoms with van der Waals surface area (Å²) in [5, 5.41) is 9.33. The lowest BCUT2D eigenvalue weighted by Gasteiger charge is -2.23. The predicted molar refractivity (Wildman–Crippen MR) is 74.1 cm³/mol. The van der Waals surface area contributed by atoms with E-state index in [0.29, 0.717) is 38.8 Å². The van der Waals surface area contributed by atoms with Gasteiger partial charge in [-0.2, -0.15) is 0 Å². The van der Waals surface area contributed by atoms with Crippen molar-refractivity contribution in [1.29, 1.82) is 0 Å². The van der Waals surface area contributed by atoms with Gasteiger partial charge < -0.3 is 10.0 Å². The van der Waals surface area contributed by atoms with Gasteiger partial charge >= 0.3 is 5.97 Å². The zero-order valence-electron chi connectivity index (χ0n) is 11.7. The lowest BCUT2D eigenvalue weighted by Crippen LogP contribution is -2.36. The molecule has 1 aromatic rings. The van der Waals surface area contributed by atoms with Crippen molar-refractivity contribution < 1.29 is 14.7 Å². The maximum atomic E-state index is 12.2. The molecule has 1 fully saturated rings. The van der Waals surface area contributed by atoms with Crippen molar-refractivity contribution in [2.45, 2.75) is 32.6 Å². The Morgan fingerprint density at radius 3 is 2.65 bits per heavy atom. The normalized spacial score (nSPS) is 21.9. The molecule has 5 nitrogen and oxygen atoms in total. The van der Waals surface area contributed by atoms with E-state index in [2.05, 4.69) is 4.98 Å². The quantitative estimate of drug-likeness (QED) is 0.889. The number of aliphatic carboxylic acids is 1. The Kier molecular flexibility index (Phi) is 4.37. The summed E-state index contributed by atoms with van der Waals surface area (Å²) in [6, 6.07) is 3.79. The average molecular weight is 276 g/mol. The summed E-state index contributed by atoms with van der Waals surface area (Å²) in [5.74, 6) is -0.747. The van der Waals surface area contributed by atoms with Crippen molar-refractivity contribution in [3.63, 3.8) is 0 Å². The lowest BCUT2D eigenvalue weighted by atomic mass is 9.84. The molecule has 20 heavy (non-hydrogen) atoms. The SMILES string of the molecule is CCC1(C(=O)O)CCN(C(=O)CCc2ccncc2)C1. The van der Waals surface area contributed by atoms with Crippen LogP contribution in [0.15, 0.2) is 24.5 Å². The van der Waals surface area contributed by atoms with Gasteiger partial charge in [0.05, 0.1) is 5.41 Å². The number of carboxylic acids is 1. The third kappa shape index (κ3) is 2.98. The van der Waals surface area contributed by atoms with Gasteiger partial charge in [0.15, 0.2) is 0 Å². The summed E-state index contributed by atoms with van der Waals surface area (Å²) in [6.45, 7) is 2.77. The number of pyridine rings is 1. The molecule has 0 aromatic carbocycles. The first-order valence-electron chi connectivity index (χ1n) is 6.97. The Morgan fingerprint density at radius 2 is 2.10 bits per heavy atom. The van der Waals surface area contributed by atoms with Crippen molar-refractivity contribution >= 4 is 11.9 Å². The average Bonchev–Trinajstić information content (AvgIpc) is 2.92. The largest absolute Gasteiger partial charge is 0.481 e. The van der Waals surface area contributed by atoms with E-state index in [0.717, 1.165) is 5.56 Å². The highest BCUT2D eigenvalue weighted by molar-refractivity contribution is 5.80. The fraction of sp³-hybridized carbons (Fsp3) is 0.533. The summed E-state index contributed by atoms with van der Waals surface area (Å²) in [7, 11) is 0. The maximum absolute atomic E-state index is 12.2. The second-order valence-corrected chi connectivity index (χ2v) is 5.36. The van der Waals surface area contributed by atoms with Crippen molar-refractivity contribution in [3.05, 3.63) is 30.1 Å². The Labute approximate surface area is 118 Å². The van der Waals surface area contributed by atoms with E-state index in [9.17, 15) is 14.7 Å². The van der Waals surface area contributed by atoms with Gasteiger partial charge in [0, 0.05) is 31.9 Å². The summed E-state index contributed by atoms with van der Waals surface area (Å²) in [4.78, 5) is 29.2. The number of likely N-dealkylation sites (tertiary alicyclic amines) is 1. The summed E-state index contributed by atoms with van der Waals surface area (Å²) in [5.41, 5.74) is 0.333. The smallest absolute Gasteiger partial charge is 0.311 e. The molecule has 1 aromatic heterocycles. The highest BCUT2D eigenvalue weighted by Crippen LogP contribution is 2.34. The van der Waals surface area contributed by atoms with Crippen molar-refractivity contribution in [2.24, 2.45) is 5.41 Å². The van der Waals surface area contributed by atoms with E-state index in [1.807, 2.05) is 19.1 Å². The maximum Gasteiger partial charge on any atom is 0.311 e. The Balaban J connectivity index is 1.90.